The molecule has 5 aromatic carbocycles. The van der Waals surface area contributed by atoms with Gasteiger partial charge in [0.25, 0.3) is 11.8 Å². The van der Waals surface area contributed by atoms with Gasteiger partial charge in [-0.15, -0.1) is 5.06 Å². The van der Waals surface area contributed by atoms with Crippen LogP contribution in [0.15, 0.2) is 127 Å². The van der Waals surface area contributed by atoms with Crippen molar-refractivity contribution in [1.29, 1.82) is 0 Å². The number of carbonyl (C=O) groups excluding carboxylic acids is 3. The molecule has 7 rings (SSSR count). The molecule has 2 aliphatic heterocycles. The number of hydroxylamine groups is 2. The molecule has 7 nitrogen and oxygen atoms in total. The molecule has 5 aromatic rings. The van der Waals surface area contributed by atoms with Crippen LogP contribution in [0.5, 0.6) is 0 Å². The summed E-state index contributed by atoms with van der Waals surface area (Å²) >= 11 is 0. The van der Waals surface area contributed by atoms with Crippen LogP contribution in [0.25, 0.3) is 0 Å². The largest absolute Gasteiger partial charge is 0.502 e. The molecule has 2 saturated heterocycles. The Bertz CT molecular complexity index is 1830. The minimum Gasteiger partial charge on any atom is -0.390 e. The fourth-order valence-electron chi connectivity index (χ4n) is 6.53. The van der Waals surface area contributed by atoms with E-state index in [1.54, 1.807) is 48.5 Å². The maximum atomic E-state index is 16.5. The first-order valence-electron chi connectivity index (χ1n) is 15.1. The van der Waals surface area contributed by atoms with E-state index in [2.05, 4.69) is 0 Å². The highest BCUT2D eigenvalue weighted by molar-refractivity contribution is 6.62. The zero-order valence-electron chi connectivity index (χ0n) is 25.1. The topological polar surface area (TPSA) is 82.1 Å². The summed E-state index contributed by atoms with van der Waals surface area (Å²) in [6.45, 7) is 0. The molecular formula is C37H25BF3NO6. The predicted molar refractivity (Wildman–Crippen MR) is 168 cm³/mol. The molecule has 2 amide bonds. The van der Waals surface area contributed by atoms with Crippen molar-refractivity contribution in [3.8, 4) is 0 Å². The van der Waals surface area contributed by atoms with Gasteiger partial charge in [-0.3, -0.25) is 9.59 Å². The lowest BCUT2D eigenvalue weighted by Gasteiger charge is -2.46. The maximum Gasteiger partial charge on any atom is 0.502 e. The average molecular weight is 647 g/mol. The van der Waals surface area contributed by atoms with E-state index < -0.39 is 64.6 Å². The van der Waals surface area contributed by atoms with E-state index in [1.807, 2.05) is 72.8 Å². The fourth-order valence-corrected chi connectivity index (χ4v) is 6.53. The average Bonchev–Trinajstić information content (AvgIpc) is 3.63. The van der Waals surface area contributed by atoms with E-state index >= 15 is 13.2 Å². The molecule has 2 fully saturated rings. The van der Waals surface area contributed by atoms with Crippen molar-refractivity contribution in [1.82, 2.24) is 5.06 Å². The number of carbonyl (C=O) groups is 3. The van der Waals surface area contributed by atoms with Gasteiger partial charge in [0.2, 0.25) is 0 Å². The monoisotopic (exact) mass is 647 g/mol. The lowest BCUT2D eigenvalue weighted by molar-refractivity contribution is -0.172. The molecule has 0 radical (unpaired) electrons. The van der Waals surface area contributed by atoms with Gasteiger partial charge in [-0.2, -0.15) is 0 Å². The Morgan fingerprint density at radius 2 is 1.00 bits per heavy atom. The van der Waals surface area contributed by atoms with Gasteiger partial charge in [0.05, 0.1) is 5.46 Å². The number of rotatable bonds is 7. The first kappa shape index (κ1) is 31.1. The molecule has 0 aromatic heterocycles. The van der Waals surface area contributed by atoms with Gasteiger partial charge in [0.15, 0.2) is 0 Å². The molecule has 11 heteroatoms. The lowest BCUT2D eigenvalue weighted by atomic mass is 9.66. The summed E-state index contributed by atoms with van der Waals surface area (Å²) < 4.78 is 61.4. The number of hydrogen-bond acceptors (Lipinski definition) is 6. The number of halogens is 3. The number of amides is 2. The van der Waals surface area contributed by atoms with E-state index in [0.29, 0.717) is 28.3 Å². The second-order valence-electron chi connectivity index (χ2n) is 11.3. The van der Waals surface area contributed by atoms with Crippen LogP contribution in [0, 0.1) is 17.5 Å². The molecule has 2 aliphatic rings. The van der Waals surface area contributed by atoms with Crippen molar-refractivity contribution in [2.24, 2.45) is 0 Å². The second kappa shape index (κ2) is 12.3. The molecular weight excluding hydrogens is 622 g/mol. The summed E-state index contributed by atoms with van der Waals surface area (Å²) in [4.78, 5) is 42.1. The molecule has 238 valence electrons. The number of nitrogens with zero attached hydrogens (tertiary/aromatic N) is 1. The van der Waals surface area contributed by atoms with Gasteiger partial charge in [0.1, 0.15) is 34.2 Å². The molecule has 0 N–H and O–H groups in total. The summed E-state index contributed by atoms with van der Waals surface area (Å²) in [6.07, 6.45) is -0.477. The highest BCUT2D eigenvalue weighted by Crippen LogP contribution is 2.58. The molecule has 48 heavy (non-hydrogen) atoms. The van der Waals surface area contributed by atoms with Gasteiger partial charge in [-0.1, -0.05) is 121 Å². The molecule has 0 saturated carbocycles. The maximum absolute atomic E-state index is 16.5. The Labute approximate surface area is 273 Å². The van der Waals surface area contributed by atoms with Crippen molar-refractivity contribution >= 4 is 30.4 Å². The Balaban J connectivity index is 1.49. The minimum absolute atomic E-state index is 0.151. The highest BCUT2D eigenvalue weighted by atomic mass is 19.1. The van der Waals surface area contributed by atoms with Crippen molar-refractivity contribution in [3.63, 3.8) is 0 Å². The van der Waals surface area contributed by atoms with Gasteiger partial charge < -0.3 is 14.1 Å². The van der Waals surface area contributed by atoms with Gasteiger partial charge >= 0.3 is 13.1 Å². The van der Waals surface area contributed by atoms with Crippen LogP contribution in [0.4, 0.5) is 13.2 Å². The van der Waals surface area contributed by atoms with Crippen molar-refractivity contribution in [2.75, 3.05) is 0 Å². The summed E-state index contributed by atoms with van der Waals surface area (Å²) in [7, 11) is -1.88. The third-order valence-corrected chi connectivity index (χ3v) is 8.61. The van der Waals surface area contributed by atoms with Crippen LogP contribution in [-0.2, 0) is 34.9 Å². The van der Waals surface area contributed by atoms with Crippen LogP contribution in [0.3, 0.4) is 0 Å². The van der Waals surface area contributed by atoms with Crippen LogP contribution >= 0.6 is 0 Å². The quantitative estimate of drug-likeness (QED) is 0.160. The summed E-state index contributed by atoms with van der Waals surface area (Å²) in [6, 6.07) is 36.4. The van der Waals surface area contributed by atoms with E-state index in [9.17, 15) is 14.4 Å². The third kappa shape index (κ3) is 4.82. The summed E-state index contributed by atoms with van der Waals surface area (Å²) in [5.74, 6) is -8.09. The number of hydrogen-bond donors (Lipinski definition) is 0. The fraction of sp³-hybridized carbons (Fsp3) is 0.108. The predicted octanol–water partition coefficient (Wildman–Crippen LogP) is 5.95. The van der Waals surface area contributed by atoms with E-state index in [0.717, 1.165) is 0 Å². The molecule has 0 bridgehead atoms. The van der Waals surface area contributed by atoms with Gasteiger partial charge in [-0.05, 0) is 22.3 Å². The van der Waals surface area contributed by atoms with Gasteiger partial charge in [-0.25, -0.2) is 18.0 Å². The van der Waals surface area contributed by atoms with Crippen molar-refractivity contribution in [2.45, 2.75) is 24.0 Å². The highest BCUT2D eigenvalue weighted by Gasteiger charge is 2.66. The minimum atomic E-state index is -1.88. The smallest absolute Gasteiger partial charge is 0.390 e. The van der Waals surface area contributed by atoms with E-state index in [-0.39, 0.29) is 17.9 Å². The third-order valence-electron chi connectivity index (χ3n) is 8.61. The molecule has 0 aliphatic carbocycles. The molecule has 2 heterocycles. The van der Waals surface area contributed by atoms with Crippen molar-refractivity contribution < 1.29 is 41.7 Å². The zero-order valence-corrected chi connectivity index (χ0v) is 25.1. The standard InChI is InChI=1S/C37H25BF3NO6/c39-28-23-29(40)33(34(41)32(28)35(45)46-42-30(43)21-22-31(42)44)38-47-36(24-13-5-1-6-14-24,25-15-7-2-8-16-25)37(48-38,26-17-9-3-10-18-26)27-19-11-4-12-20-27/h1-20,23H,21-22H2. The van der Waals surface area contributed by atoms with Crippen LogP contribution in [-0.4, -0.2) is 30.0 Å². The summed E-state index contributed by atoms with van der Waals surface area (Å²) in [5, 5.41) is 0.151. The van der Waals surface area contributed by atoms with Crippen LogP contribution in [0.1, 0.15) is 45.5 Å². The zero-order chi connectivity index (χ0) is 33.5. The second-order valence-corrected chi connectivity index (χ2v) is 11.3. The van der Waals surface area contributed by atoms with Gasteiger partial charge in [0, 0.05) is 18.9 Å². The van der Waals surface area contributed by atoms with Crippen LogP contribution in [0.2, 0.25) is 0 Å². The SMILES string of the molecule is O=C(ON1C(=O)CCC1=O)c1c(F)cc(F)c(B2OC(c3ccccc3)(c3ccccc3)C(c3ccccc3)(c3ccccc3)O2)c1F. The Morgan fingerprint density at radius 1 is 0.625 bits per heavy atom. The molecule has 0 spiro atoms. The van der Waals surface area contributed by atoms with Crippen molar-refractivity contribution in [3.05, 3.63) is 173 Å². The number of benzene rings is 5. The first-order chi connectivity index (χ1) is 23.3. The Kier molecular flexibility index (Phi) is 7.94. The Hall–Kier alpha value is -5.52. The summed E-state index contributed by atoms with van der Waals surface area (Å²) in [5.41, 5.74) is -3.23. The van der Waals surface area contributed by atoms with Crippen LogP contribution < -0.4 is 5.46 Å². The first-order valence-corrected chi connectivity index (χ1v) is 15.1. The normalized spacial score (nSPS) is 16.7. The van der Waals surface area contributed by atoms with E-state index in [4.69, 9.17) is 14.1 Å². The number of imide groups is 1. The molecule has 0 atom stereocenters. The van der Waals surface area contributed by atoms with E-state index in [1.165, 1.54) is 0 Å². The molecule has 0 unspecified atom stereocenters. The lowest BCUT2D eigenvalue weighted by Crippen LogP contribution is -2.48. The Morgan fingerprint density at radius 3 is 1.38 bits per heavy atom.